The van der Waals surface area contributed by atoms with Gasteiger partial charge in [0.2, 0.25) is 0 Å². The van der Waals surface area contributed by atoms with Crippen LogP contribution in [0.2, 0.25) is 5.02 Å². The summed E-state index contributed by atoms with van der Waals surface area (Å²) < 4.78 is 5.14. The lowest BCUT2D eigenvalue weighted by Crippen LogP contribution is -2.45. The zero-order valence-corrected chi connectivity index (χ0v) is 20.5. The van der Waals surface area contributed by atoms with Crippen LogP contribution in [0.15, 0.2) is 36.5 Å². The highest BCUT2D eigenvalue weighted by Crippen LogP contribution is 2.27. The van der Waals surface area contributed by atoms with Gasteiger partial charge in [0.15, 0.2) is 0 Å². The van der Waals surface area contributed by atoms with Crippen LogP contribution in [0.25, 0.3) is 0 Å². The van der Waals surface area contributed by atoms with Crippen molar-refractivity contribution in [3.05, 3.63) is 52.7 Å². The van der Waals surface area contributed by atoms with E-state index in [1.54, 1.807) is 48.4 Å². The maximum absolute atomic E-state index is 13.6. The van der Waals surface area contributed by atoms with Gasteiger partial charge in [-0.3, -0.25) is 14.4 Å². The summed E-state index contributed by atoms with van der Waals surface area (Å²) in [6.45, 7) is 6.10. The van der Waals surface area contributed by atoms with E-state index < -0.39 is 0 Å². The van der Waals surface area contributed by atoms with Crippen molar-refractivity contribution >= 4 is 40.9 Å². The minimum atomic E-state index is -0.374. The molecule has 4 rings (SSSR count). The maximum atomic E-state index is 13.6. The summed E-state index contributed by atoms with van der Waals surface area (Å²) in [7, 11) is 0. The number of piperazine rings is 1. The molecule has 0 radical (unpaired) electrons. The van der Waals surface area contributed by atoms with Crippen LogP contribution in [0.5, 0.6) is 0 Å². The van der Waals surface area contributed by atoms with Gasteiger partial charge in [0.05, 0.1) is 40.6 Å². The lowest BCUT2D eigenvalue weighted by atomic mass is 9.96. The summed E-state index contributed by atoms with van der Waals surface area (Å²) in [4.78, 5) is 46.9. The Bertz CT molecular complexity index is 1080. The second-order valence-electron chi connectivity index (χ2n) is 8.58. The highest BCUT2D eigenvalue weighted by Gasteiger charge is 2.31. The summed E-state index contributed by atoms with van der Waals surface area (Å²) in [5.41, 5.74) is 1.19. The zero-order valence-electron chi connectivity index (χ0n) is 19.8. The molecule has 1 aromatic carbocycles. The molecule has 0 unspecified atom stereocenters. The number of likely N-dealkylation sites (tertiary alicyclic amines) is 1. The number of piperidine rings is 1. The van der Waals surface area contributed by atoms with Crippen LogP contribution in [0.4, 0.5) is 11.5 Å². The highest BCUT2D eigenvalue weighted by atomic mass is 35.5. The van der Waals surface area contributed by atoms with Crippen molar-refractivity contribution in [2.24, 2.45) is 5.92 Å². The third-order valence-corrected chi connectivity index (χ3v) is 6.62. The number of ether oxygens (including phenoxy) is 1. The van der Waals surface area contributed by atoms with Gasteiger partial charge in [-0.25, -0.2) is 4.98 Å². The number of amides is 2. The number of halogens is 1. The van der Waals surface area contributed by atoms with Gasteiger partial charge in [-0.05, 0) is 38.0 Å². The quantitative estimate of drug-likeness (QED) is 0.589. The molecule has 35 heavy (non-hydrogen) atoms. The minimum Gasteiger partial charge on any atom is -0.466 e. The Balaban J connectivity index is 1.56. The lowest BCUT2D eigenvalue weighted by molar-refractivity contribution is -0.149. The van der Waals surface area contributed by atoms with Gasteiger partial charge in [-0.1, -0.05) is 23.7 Å². The first-order chi connectivity index (χ1) is 17.0. The molecular formula is C25H30ClN5O4. The van der Waals surface area contributed by atoms with Crippen molar-refractivity contribution in [2.75, 3.05) is 56.1 Å². The van der Waals surface area contributed by atoms with E-state index >= 15 is 0 Å². The normalized spacial score (nSPS) is 16.6. The van der Waals surface area contributed by atoms with Gasteiger partial charge in [-0.15, -0.1) is 0 Å². The average Bonchev–Trinajstić information content (AvgIpc) is 2.89. The number of esters is 1. The summed E-state index contributed by atoms with van der Waals surface area (Å²) >= 11 is 6.17. The van der Waals surface area contributed by atoms with Crippen LogP contribution in [0.3, 0.4) is 0 Å². The number of nitrogens with one attached hydrogen (secondary N) is 2. The van der Waals surface area contributed by atoms with Crippen LogP contribution in [-0.4, -0.2) is 73.5 Å². The van der Waals surface area contributed by atoms with Crippen molar-refractivity contribution in [3.8, 4) is 0 Å². The van der Waals surface area contributed by atoms with E-state index in [0.717, 1.165) is 26.2 Å². The second-order valence-corrected chi connectivity index (χ2v) is 8.99. The SMILES string of the molecule is CCOC(=O)C1CCN(C(=O)c2cc(NC(=O)c3ccccc3Cl)cnc2N2CCNCC2)CC1. The first-order valence-electron chi connectivity index (χ1n) is 12.0. The molecule has 10 heteroatoms. The monoisotopic (exact) mass is 499 g/mol. The van der Waals surface area contributed by atoms with Gasteiger partial charge >= 0.3 is 5.97 Å². The number of rotatable bonds is 6. The fourth-order valence-electron chi connectivity index (χ4n) is 4.40. The Hall–Kier alpha value is -3.17. The molecule has 0 spiro atoms. The summed E-state index contributed by atoms with van der Waals surface area (Å²) in [5.74, 6) is -0.332. The zero-order chi connectivity index (χ0) is 24.8. The lowest BCUT2D eigenvalue weighted by Gasteiger charge is -2.33. The number of nitrogens with zero attached hydrogens (tertiary/aromatic N) is 3. The number of carbonyl (C=O) groups excluding carboxylic acids is 3. The molecule has 2 amide bonds. The molecule has 2 N–H and O–H groups in total. The van der Waals surface area contributed by atoms with E-state index in [9.17, 15) is 14.4 Å². The molecule has 0 aliphatic carbocycles. The number of carbonyl (C=O) groups is 3. The molecule has 0 atom stereocenters. The van der Waals surface area contributed by atoms with Crippen LogP contribution in [0.1, 0.15) is 40.5 Å². The number of aromatic nitrogens is 1. The second kappa shape index (κ2) is 11.5. The van der Waals surface area contributed by atoms with Crippen LogP contribution in [-0.2, 0) is 9.53 Å². The molecule has 186 valence electrons. The smallest absolute Gasteiger partial charge is 0.309 e. The molecule has 2 fully saturated rings. The fourth-order valence-corrected chi connectivity index (χ4v) is 4.63. The van der Waals surface area contributed by atoms with Crippen LogP contribution < -0.4 is 15.5 Å². The van der Waals surface area contributed by atoms with Gasteiger partial charge in [-0.2, -0.15) is 0 Å². The molecule has 0 bridgehead atoms. The topological polar surface area (TPSA) is 104 Å². The summed E-state index contributed by atoms with van der Waals surface area (Å²) in [6.07, 6.45) is 2.68. The van der Waals surface area contributed by atoms with E-state index in [1.165, 1.54) is 0 Å². The van der Waals surface area contributed by atoms with Gasteiger partial charge in [0.25, 0.3) is 11.8 Å². The van der Waals surface area contributed by atoms with E-state index in [4.69, 9.17) is 16.3 Å². The number of anilines is 2. The molecular weight excluding hydrogens is 470 g/mol. The van der Waals surface area contributed by atoms with E-state index in [-0.39, 0.29) is 23.7 Å². The van der Waals surface area contributed by atoms with Gasteiger partial charge in [0, 0.05) is 39.3 Å². The van der Waals surface area contributed by atoms with Crippen molar-refractivity contribution in [2.45, 2.75) is 19.8 Å². The molecule has 2 saturated heterocycles. The van der Waals surface area contributed by atoms with Crippen molar-refractivity contribution in [1.82, 2.24) is 15.2 Å². The number of benzene rings is 1. The molecule has 2 aromatic rings. The Morgan fingerprint density at radius 2 is 1.83 bits per heavy atom. The predicted octanol–water partition coefficient (Wildman–Crippen LogP) is 2.81. The maximum Gasteiger partial charge on any atom is 0.309 e. The molecule has 0 saturated carbocycles. The Morgan fingerprint density at radius 1 is 1.11 bits per heavy atom. The third-order valence-electron chi connectivity index (χ3n) is 6.29. The molecule has 1 aromatic heterocycles. The van der Waals surface area contributed by atoms with Crippen LogP contribution >= 0.6 is 11.6 Å². The van der Waals surface area contributed by atoms with Gasteiger partial charge in [0.1, 0.15) is 5.82 Å². The summed E-state index contributed by atoms with van der Waals surface area (Å²) in [6, 6.07) is 8.46. The average molecular weight is 500 g/mol. The number of hydrogen-bond acceptors (Lipinski definition) is 7. The Labute approximate surface area is 209 Å². The standard InChI is InChI=1S/C25H30ClN5O4/c1-2-35-25(34)17-7-11-31(12-8-17)24(33)20-15-18(16-28-22(20)30-13-9-27-10-14-30)29-23(32)19-5-3-4-6-21(19)26/h3-6,15-17,27H,2,7-14H2,1H3,(H,29,32). The largest absolute Gasteiger partial charge is 0.466 e. The van der Waals surface area contributed by atoms with Crippen LogP contribution in [0, 0.1) is 5.92 Å². The first-order valence-corrected chi connectivity index (χ1v) is 12.3. The molecule has 2 aliphatic rings. The summed E-state index contributed by atoms with van der Waals surface area (Å²) in [5, 5.41) is 6.46. The van der Waals surface area contributed by atoms with E-state index in [1.807, 2.05) is 0 Å². The molecule has 9 nitrogen and oxygen atoms in total. The molecule has 3 heterocycles. The Kier molecular flexibility index (Phi) is 8.20. The van der Waals surface area contributed by atoms with Gasteiger partial charge < -0.3 is 25.2 Å². The van der Waals surface area contributed by atoms with Crippen molar-refractivity contribution in [3.63, 3.8) is 0 Å². The van der Waals surface area contributed by atoms with Crippen molar-refractivity contribution < 1.29 is 19.1 Å². The first kappa shape index (κ1) is 24.9. The Morgan fingerprint density at radius 3 is 2.51 bits per heavy atom. The fraction of sp³-hybridized carbons (Fsp3) is 0.440. The molecule has 2 aliphatic heterocycles. The predicted molar refractivity (Wildman–Crippen MR) is 134 cm³/mol. The number of hydrogen-bond donors (Lipinski definition) is 2. The number of pyridine rings is 1. The minimum absolute atomic E-state index is 0.165. The highest BCUT2D eigenvalue weighted by molar-refractivity contribution is 6.34. The van der Waals surface area contributed by atoms with E-state index in [0.29, 0.717) is 60.2 Å². The van der Waals surface area contributed by atoms with E-state index in [2.05, 4.69) is 20.5 Å². The van der Waals surface area contributed by atoms with Crippen molar-refractivity contribution in [1.29, 1.82) is 0 Å². The third kappa shape index (κ3) is 5.91.